The molecule has 8 heavy (non-hydrogen) atoms. The number of halogens is 1. The summed E-state index contributed by atoms with van der Waals surface area (Å²) in [4.78, 5) is 9.00. The van der Waals surface area contributed by atoms with Crippen molar-refractivity contribution in [2.24, 2.45) is 0 Å². The van der Waals surface area contributed by atoms with Gasteiger partial charge in [0.25, 0.3) is 5.97 Å². The molecule has 0 aromatic carbocycles. The minimum absolute atomic E-state index is 0.833. The van der Waals surface area contributed by atoms with Gasteiger partial charge in [-0.3, -0.25) is 4.79 Å². The monoisotopic (exact) mass is 180 g/mol. The van der Waals surface area contributed by atoms with Crippen molar-refractivity contribution in [1.29, 1.82) is 0 Å². The van der Waals surface area contributed by atoms with E-state index in [1.165, 1.54) is 0 Å². The zero-order valence-electron chi connectivity index (χ0n) is 4.72. The molecule has 0 atom stereocenters. The molecule has 0 aromatic rings. The summed E-state index contributed by atoms with van der Waals surface area (Å²) in [6.07, 6.45) is 1.79. The van der Waals surface area contributed by atoms with Gasteiger partial charge in [0.05, 0.1) is 0 Å². The van der Waals surface area contributed by atoms with E-state index in [2.05, 4.69) is 22.5 Å². The number of aliphatic carboxylic acids is 1. The minimum atomic E-state index is -0.833. The standard InChI is InChI=1S/C3H5Br.C2H4O2/c1-2-3-4;1-2(3)4/h2H,1,3H2;1H3,(H,3,4). The first-order valence-electron chi connectivity index (χ1n) is 2.01. The quantitative estimate of drug-likeness (QED) is 0.493. The Kier molecular flexibility index (Phi) is 13.1. The number of carbonyl (C=O) groups is 1. The van der Waals surface area contributed by atoms with Gasteiger partial charge in [0.2, 0.25) is 0 Å². The smallest absolute Gasteiger partial charge is 0.300 e. The maximum atomic E-state index is 9.00. The van der Waals surface area contributed by atoms with Gasteiger partial charge in [0, 0.05) is 12.3 Å². The van der Waals surface area contributed by atoms with Crippen LogP contribution in [0.3, 0.4) is 0 Å². The summed E-state index contributed by atoms with van der Waals surface area (Å²) in [6, 6.07) is 0. The van der Waals surface area contributed by atoms with E-state index in [1.54, 1.807) is 6.08 Å². The van der Waals surface area contributed by atoms with Gasteiger partial charge >= 0.3 is 0 Å². The van der Waals surface area contributed by atoms with Gasteiger partial charge in [0.15, 0.2) is 0 Å². The van der Waals surface area contributed by atoms with Crippen LogP contribution in [0.2, 0.25) is 0 Å². The van der Waals surface area contributed by atoms with E-state index in [9.17, 15) is 0 Å². The van der Waals surface area contributed by atoms with Gasteiger partial charge in [-0.25, -0.2) is 0 Å². The van der Waals surface area contributed by atoms with Crippen molar-refractivity contribution >= 4 is 21.9 Å². The maximum Gasteiger partial charge on any atom is 0.300 e. The highest BCUT2D eigenvalue weighted by Gasteiger charge is 1.65. The Labute approximate surface area is 57.3 Å². The summed E-state index contributed by atoms with van der Waals surface area (Å²) in [6.45, 7) is 4.52. The van der Waals surface area contributed by atoms with Crippen molar-refractivity contribution in [2.45, 2.75) is 6.92 Å². The van der Waals surface area contributed by atoms with Crippen molar-refractivity contribution in [3.8, 4) is 0 Å². The highest BCUT2D eigenvalue weighted by atomic mass is 79.9. The second-order valence-electron chi connectivity index (χ2n) is 0.962. The van der Waals surface area contributed by atoms with E-state index in [0.717, 1.165) is 12.3 Å². The summed E-state index contributed by atoms with van der Waals surface area (Å²) in [7, 11) is 0. The van der Waals surface area contributed by atoms with Crippen molar-refractivity contribution in [3.05, 3.63) is 12.7 Å². The Hall–Kier alpha value is -0.310. The van der Waals surface area contributed by atoms with E-state index in [-0.39, 0.29) is 0 Å². The van der Waals surface area contributed by atoms with E-state index < -0.39 is 5.97 Å². The lowest BCUT2D eigenvalue weighted by molar-refractivity contribution is -0.134. The Balaban J connectivity index is 0. The highest BCUT2D eigenvalue weighted by Crippen LogP contribution is 1.73. The van der Waals surface area contributed by atoms with Crippen molar-refractivity contribution in [3.63, 3.8) is 0 Å². The van der Waals surface area contributed by atoms with Crippen LogP contribution in [0.5, 0.6) is 0 Å². The number of carboxylic acids is 1. The van der Waals surface area contributed by atoms with E-state index >= 15 is 0 Å². The van der Waals surface area contributed by atoms with Crippen LogP contribution in [0.15, 0.2) is 12.7 Å². The lowest BCUT2D eigenvalue weighted by atomic mass is 10.8. The fourth-order valence-electron chi connectivity index (χ4n) is 0. The molecule has 0 aliphatic rings. The average Bonchev–Trinajstić information content (AvgIpc) is 1.65. The number of hydrogen-bond acceptors (Lipinski definition) is 1. The Bertz CT molecular complexity index is 66.8. The number of allylic oxidation sites excluding steroid dienone is 1. The summed E-state index contributed by atoms with van der Waals surface area (Å²) < 4.78 is 0. The van der Waals surface area contributed by atoms with Gasteiger partial charge in [-0.15, -0.1) is 6.58 Å². The molecule has 0 spiro atoms. The molecule has 0 saturated carbocycles. The molecule has 0 radical (unpaired) electrons. The lowest BCUT2D eigenvalue weighted by Gasteiger charge is -1.59. The number of rotatable bonds is 1. The molecule has 1 N–H and O–H groups in total. The van der Waals surface area contributed by atoms with Crippen LogP contribution < -0.4 is 0 Å². The average molecular weight is 181 g/mol. The number of carboxylic acid groups (broad SMARTS) is 1. The molecule has 0 aliphatic heterocycles. The second kappa shape index (κ2) is 9.85. The minimum Gasteiger partial charge on any atom is -0.481 e. The zero-order valence-corrected chi connectivity index (χ0v) is 6.31. The zero-order chi connectivity index (χ0) is 6.99. The van der Waals surface area contributed by atoms with Crippen LogP contribution in [0, 0.1) is 0 Å². The third kappa shape index (κ3) is 263. The molecule has 0 amide bonds. The first-order valence-corrected chi connectivity index (χ1v) is 3.13. The van der Waals surface area contributed by atoms with E-state index in [0.29, 0.717) is 0 Å². The molecule has 0 saturated heterocycles. The van der Waals surface area contributed by atoms with Gasteiger partial charge in [-0.1, -0.05) is 22.0 Å². The SMILES string of the molecule is C=CCBr.CC(=O)O. The van der Waals surface area contributed by atoms with Crippen LogP contribution in [-0.2, 0) is 4.79 Å². The first-order chi connectivity index (χ1) is 3.65. The molecule has 0 rings (SSSR count). The maximum absolute atomic E-state index is 9.00. The lowest BCUT2D eigenvalue weighted by Crippen LogP contribution is -1.78. The predicted octanol–water partition coefficient (Wildman–Crippen LogP) is 1.66. The topological polar surface area (TPSA) is 37.3 Å². The summed E-state index contributed by atoms with van der Waals surface area (Å²) in [5.74, 6) is -0.833. The fraction of sp³-hybridized carbons (Fsp3) is 0.400. The molecule has 48 valence electrons. The normalized spacial score (nSPS) is 6.25. The molecular weight excluding hydrogens is 172 g/mol. The third-order valence-electron chi connectivity index (χ3n) is 0.109. The van der Waals surface area contributed by atoms with Crippen LogP contribution in [0.25, 0.3) is 0 Å². The van der Waals surface area contributed by atoms with Crippen molar-refractivity contribution in [2.75, 3.05) is 5.33 Å². The molecule has 0 aromatic heterocycles. The molecule has 0 unspecified atom stereocenters. The fourth-order valence-corrected chi connectivity index (χ4v) is 0. The molecule has 0 fully saturated rings. The number of hydrogen-bond donors (Lipinski definition) is 1. The highest BCUT2D eigenvalue weighted by molar-refractivity contribution is 9.09. The largest absolute Gasteiger partial charge is 0.481 e. The second-order valence-corrected chi connectivity index (χ2v) is 1.61. The summed E-state index contributed by atoms with van der Waals surface area (Å²) in [5, 5.41) is 8.31. The van der Waals surface area contributed by atoms with Gasteiger partial charge in [-0.2, -0.15) is 0 Å². The van der Waals surface area contributed by atoms with Crippen molar-refractivity contribution in [1.82, 2.24) is 0 Å². The van der Waals surface area contributed by atoms with Crippen LogP contribution >= 0.6 is 15.9 Å². The van der Waals surface area contributed by atoms with Gasteiger partial charge in [0.1, 0.15) is 0 Å². The third-order valence-corrected chi connectivity index (χ3v) is 0.567. The van der Waals surface area contributed by atoms with Crippen LogP contribution in [-0.4, -0.2) is 16.4 Å². The van der Waals surface area contributed by atoms with Gasteiger partial charge in [-0.05, 0) is 0 Å². The van der Waals surface area contributed by atoms with Crippen LogP contribution in [0.4, 0.5) is 0 Å². The predicted molar refractivity (Wildman–Crippen MR) is 37.3 cm³/mol. The molecule has 0 heterocycles. The van der Waals surface area contributed by atoms with E-state index in [1.807, 2.05) is 0 Å². The molecule has 2 nitrogen and oxygen atoms in total. The van der Waals surface area contributed by atoms with Crippen molar-refractivity contribution < 1.29 is 9.90 Å². The summed E-state index contributed by atoms with van der Waals surface area (Å²) in [5.41, 5.74) is 0. The Morgan fingerprint density at radius 1 is 2.00 bits per heavy atom. The number of alkyl halides is 1. The molecule has 0 bridgehead atoms. The van der Waals surface area contributed by atoms with Crippen LogP contribution in [0.1, 0.15) is 6.92 Å². The van der Waals surface area contributed by atoms with E-state index in [4.69, 9.17) is 9.90 Å². The Morgan fingerprint density at radius 3 is 2.12 bits per heavy atom. The molecule has 0 aliphatic carbocycles. The molecule has 3 heteroatoms. The van der Waals surface area contributed by atoms with Gasteiger partial charge < -0.3 is 5.11 Å². The summed E-state index contributed by atoms with van der Waals surface area (Å²) >= 11 is 3.13. The Morgan fingerprint density at radius 2 is 2.12 bits per heavy atom. The molecular formula is C5H9BrO2. The first kappa shape index (κ1) is 10.6.